The van der Waals surface area contributed by atoms with Crippen LogP contribution in [0.25, 0.3) is 10.9 Å². The molecule has 0 fully saturated rings. The molecule has 0 unspecified atom stereocenters. The lowest BCUT2D eigenvalue weighted by atomic mass is 10.2. The van der Waals surface area contributed by atoms with E-state index in [0.29, 0.717) is 25.6 Å². The molecule has 0 aliphatic carbocycles. The van der Waals surface area contributed by atoms with E-state index < -0.39 is 16.2 Å². The number of nitro benzene ring substituents is 1. The molecule has 3 rings (SSSR count). The summed E-state index contributed by atoms with van der Waals surface area (Å²) >= 11 is 3.22. The highest BCUT2D eigenvalue weighted by atomic mass is 79.9. The van der Waals surface area contributed by atoms with Gasteiger partial charge in [-0.15, -0.1) is 4.68 Å². The van der Waals surface area contributed by atoms with Gasteiger partial charge in [0.25, 0.3) is 5.56 Å². The molecule has 0 bridgehead atoms. The first-order chi connectivity index (χ1) is 13.4. The molecular formula is C18H13BrN4O5. The molecule has 2 aromatic carbocycles. The van der Waals surface area contributed by atoms with Gasteiger partial charge in [0, 0.05) is 11.6 Å². The van der Waals surface area contributed by atoms with E-state index in [-0.39, 0.29) is 18.0 Å². The van der Waals surface area contributed by atoms with Crippen LogP contribution in [-0.4, -0.2) is 27.4 Å². The van der Waals surface area contributed by atoms with E-state index in [4.69, 9.17) is 4.74 Å². The summed E-state index contributed by atoms with van der Waals surface area (Å²) in [7, 11) is 0. The van der Waals surface area contributed by atoms with Crippen LogP contribution in [-0.2, 0) is 0 Å². The molecule has 1 N–H and O–H groups in total. The average Bonchev–Trinajstić information content (AvgIpc) is 2.66. The molecule has 142 valence electrons. The fraction of sp³-hybridized carbons (Fsp3) is 0.0556. The largest absolute Gasteiger partial charge is 0.482 e. The number of ether oxygens (including phenoxy) is 1. The molecular weight excluding hydrogens is 432 g/mol. The van der Waals surface area contributed by atoms with Gasteiger partial charge in [-0.05, 0) is 34.1 Å². The van der Waals surface area contributed by atoms with Crippen LogP contribution in [0.3, 0.4) is 0 Å². The van der Waals surface area contributed by atoms with Gasteiger partial charge >= 0.3 is 11.4 Å². The number of nitrogens with one attached hydrogen (secondary N) is 1. The summed E-state index contributed by atoms with van der Waals surface area (Å²) in [6.45, 7) is 3.59. The van der Waals surface area contributed by atoms with Crippen molar-refractivity contribution in [1.29, 1.82) is 0 Å². The Morgan fingerprint density at radius 3 is 2.79 bits per heavy atom. The Bertz CT molecular complexity index is 1230. The fourth-order valence-corrected chi connectivity index (χ4v) is 3.06. The van der Waals surface area contributed by atoms with E-state index in [1.165, 1.54) is 24.4 Å². The van der Waals surface area contributed by atoms with Crippen molar-refractivity contribution in [1.82, 2.24) is 9.66 Å². The Labute approximate surface area is 165 Å². The highest BCUT2D eigenvalue weighted by molar-refractivity contribution is 9.10. The van der Waals surface area contributed by atoms with Gasteiger partial charge in [-0.25, -0.2) is 4.79 Å². The number of nitro groups is 1. The van der Waals surface area contributed by atoms with Crippen LogP contribution in [0, 0.1) is 10.1 Å². The molecule has 3 aromatic rings. The second-order valence-corrected chi connectivity index (χ2v) is 6.40. The van der Waals surface area contributed by atoms with Crippen molar-refractivity contribution in [2.24, 2.45) is 5.10 Å². The van der Waals surface area contributed by atoms with Crippen LogP contribution >= 0.6 is 15.9 Å². The zero-order chi connectivity index (χ0) is 20.3. The van der Waals surface area contributed by atoms with E-state index >= 15 is 0 Å². The minimum atomic E-state index is -0.723. The van der Waals surface area contributed by atoms with Gasteiger partial charge < -0.3 is 9.72 Å². The number of aromatic nitrogens is 2. The molecule has 0 aliphatic heterocycles. The van der Waals surface area contributed by atoms with Crippen LogP contribution in [0.4, 0.5) is 5.69 Å². The molecule has 1 aromatic heterocycles. The van der Waals surface area contributed by atoms with Crippen molar-refractivity contribution in [2.45, 2.75) is 0 Å². The summed E-state index contributed by atoms with van der Waals surface area (Å²) < 4.78 is 6.30. The number of benzene rings is 2. The van der Waals surface area contributed by atoms with Gasteiger partial charge in [0.1, 0.15) is 6.61 Å². The lowest BCUT2D eigenvalue weighted by Gasteiger charge is -2.07. The number of hydrogen-bond donors (Lipinski definition) is 1. The standard InChI is InChI=1S/C18H13BrN4O5/c1-2-7-28-16-13(19)8-11(9-15(16)23(26)27)10-20-22-17(24)12-5-3-4-6-14(12)21-18(22)25/h2-6,8-10H,1,7H2,(H,21,25). The van der Waals surface area contributed by atoms with Crippen molar-refractivity contribution in [3.8, 4) is 5.75 Å². The third-order valence-electron chi connectivity index (χ3n) is 3.69. The topological polar surface area (TPSA) is 120 Å². The first kappa shape index (κ1) is 19.2. The quantitative estimate of drug-likeness (QED) is 0.271. The Hall–Kier alpha value is -3.53. The minimum Gasteiger partial charge on any atom is -0.482 e. The molecule has 9 nitrogen and oxygen atoms in total. The Kier molecular flexibility index (Phi) is 5.50. The van der Waals surface area contributed by atoms with Gasteiger partial charge in [-0.3, -0.25) is 14.9 Å². The number of aromatic amines is 1. The predicted molar refractivity (Wildman–Crippen MR) is 108 cm³/mol. The number of H-pyrrole nitrogens is 1. The van der Waals surface area contributed by atoms with E-state index in [0.717, 1.165) is 0 Å². The second-order valence-electron chi connectivity index (χ2n) is 5.55. The van der Waals surface area contributed by atoms with Crippen molar-refractivity contribution in [2.75, 3.05) is 6.61 Å². The zero-order valence-electron chi connectivity index (χ0n) is 14.3. The summed E-state index contributed by atoms with van der Waals surface area (Å²) in [5.74, 6) is 0.0442. The zero-order valence-corrected chi connectivity index (χ0v) is 15.9. The first-order valence-corrected chi connectivity index (χ1v) is 8.71. The van der Waals surface area contributed by atoms with E-state index in [9.17, 15) is 19.7 Å². The van der Waals surface area contributed by atoms with E-state index in [2.05, 4.69) is 32.6 Å². The average molecular weight is 445 g/mol. The number of para-hydroxylation sites is 1. The van der Waals surface area contributed by atoms with Crippen molar-refractivity contribution < 1.29 is 9.66 Å². The highest BCUT2D eigenvalue weighted by Crippen LogP contribution is 2.36. The SMILES string of the molecule is C=CCOc1c(Br)cc(C=Nn2c(=O)[nH]c3ccccc3c2=O)cc1[N+](=O)[O-]. The van der Waals surface area contributed by atoms with Crippen molar-refractivity contribution in [3.05, 3.63) is 90.0 Å². The number of fused-ring (bicyclic) bond motifs is 1. The fourth-order valence-electron chi connectivity index (χ4n) is 2.48. The third-order valence-corrected chi connectivity index (χ3v) is 4.28. The molecule has 0 amide bonds. The molecule has 1 heterocycles. The predicted octanol–water partition coefficient (Wildman–Crippen LogP) is 2.81. The Morgan fingerprint density at radius 2 is 2.07 bits per heavy atom. The van der Waals surface area contributed by atoms with Gasteiger partial charge in [0.05, 0.1) is 26.5 Å². The van der Waals surface area contributed by atoms with Crippen LogP contribution in [0.1, 0.15) is 5.56 Å². The second kappa shape index (κ2) is 8.01. The van der Waals surface area contributed by atoms with E-state index in [1.54, 1.807) is 24.3 Å². The molecule has 28 heavy (non-hydrogen) atoms. The molecule has 0 atom stereocenters. The third kappa shape index (κ3) is 3.76. The Morgan fingerprint density at radius 1 is 1.32 bits per heavy atom. The maximum absolute atomic E-state index is 12.5. The normalized spacial score (nSPS) is 11.0. The van der Waals surface area contributed by atoms with Gasteiger partial charge in [-0.1, -0.05) is 24.8 Å². The highest BCUT2D eigenvalue weighted by Gasteiger charge is 2.20. The van der Waals surface area contributed by atoms with Crippen LogP contribution in [0.5, 0.6) is 5.75 Å². The molecule has 10 heteroatoms. The molecule has 0 spiro atoms. The molecule has 0 saturated heterocycles. The molecule has 0 aliphatic rings. The van der Waals surface area contributed by atoms with Gasteiger partial charge in [0.15, 0.2) is 0 Å². The lowest BCUT2D eigenvalue weighted by molar-refractivity contribution is -0.385. The van der Waals surface area contributed by atoms with Crippen LogP contribution in [0.15, 0.2) is 68.2 Å². The summed E-state index contributed by atoms with van der Waals surface area (Å²) in [4.78, 5) is 37.9. The maximum atomic E-state index is 12.5. The first-order valence-electron chi connectivity index (χ1n) is 7.92. The van der Waals surface area contributed by atoms with Crippen LogP contribution in [0.2, 0.25) is 0 Å². The number of hydrogen-bond acceptors (Lipinski definition) is 6. The van der Waals surface area contributed by atoms with Crippen LogP contribution < -0.4 is 16.0 Å². The summed E-state index contributed by atoms with van der Waals surface area (Å²) in [6.07, 6.45) is 2.64. The van der Waals surface area contributed by atoms with Gasteiger partial charge in [-0.2, -0.15) is 5.10 Å². The smallest absolute Gasteiger partial charge is 0.349 e. The summed E-state index contributed by atoms with van der Waals surface area (Å²) in [5, 5.41) is 15.5. The van der Waals surface area contributed by atoms with E-state index in [1.807, 2.05) is 0 Å². The summed E-state index contributed by atoms with van der Waals surface area (Å²) in [5.41, 5.74) is -0.929. The van der Waals surface area contributed by atoms with Crippen molar-refractivity contribution >= 4 is 38.7 Å². The molecule has 0 saturated carbocycles. The van der Waals surface area contributed by atoms with Gasteiger partial charge in [0.2, 0.25) is 5.75 Å². The Balaban J connectivity index is 2.07. The summed E-state index contributed by atoms with van der Waals surface area (Å²) in [6, 6.07) is 9.28. The number of rotatable bonds is 6. The molecule has 0 radical (unpaired) electrons. The lowest BCUT2D eigenvalue weighted by Crippen LogP contribution is -2.32. The number of nitrogens with zero attached hydrogens (tertiary/aromatic N) is 3. The maximum Gasteiger partial charge on any atom is 0.349 e. The minimum absolute atomic E-state index is 0.0442. The number of halogens is 1. The van der Waals surface area contributed by atoms with Crippen molar-refractivity contribution in [3.63, 3.8) is 0 Å². The monoisotopic (exact) mass is 444 g/mol.